The molecule has 2 aromatic rings. The SMILES string of the molecule is Cn1nncc1C(C)(O)c1cccs1. The van der Waals surface area contributed by atoms with Gasteiger partial charge in [0.25, 0.3) is 0 Å². The van der Waals surface area contributed by atoms with Gasteiger partial charge >= 0.3 is 0 Å². The lowest BCUT2D eigenvalue weighted by molar-refractivity contribution is 0.0968. The summed E-state index contributed by atoms with van der Waals surface area (Å²) in [6.07, 6.45) is 1.58. The van der Waals surface area contributed by atoms with Crippen LogP contribution in [0.3, 0.4) is 0 Å². The van der Waals surface area contributed by atoms with Gasteiger partial charge in [0.1, 0.15) is 5.60 Å². The molecule has 4 nitrogen and oxygen atoms in total. The van der Waals surface area contributed by atoms with Crippen LogP contribution in [0.2, 0.25) is 0 Å². The zero-order valence-electron chi connectivity index (χ0n) is 8.01. The first-order valence-electron chi connectivity index (χ1n) is 4.24. The second kappa shape index (κ2) is 3.18. The third-order valence-corrected chi connectivity index (χ3v) is 3.29. The first kappa shape index (κ1) is 9.36. The molecule has 1 N–H and O–H groups in total. The molecule has 2 heterocycles. The molecule has 0 aromatic carbocycles. The summed E-state index contributed by atoms with van der Waals surface area (Å²) in [6.45, 7) is 1.75. The average Bonchev–Trinajstić information content (AvgIpc) is 2.72. The number of nitrogens with zero attached hydrogens (tertiary/aromatic N) is 3. The van der Waals surface area contributed by atoms with Gasteiger partial charge in [-0.25, -0.2) is 4.68 Å². The van der Waals surface area contributed by atoms with Crippen LogP contribution in [-0.4, -0.2) is 20.1 Å². The Morgan fingerprint density at radius 3 is 2.86 bits per heavy atom. The van der Waals surface area contributed by atoms with Crippen molar-refractivity contribution in [1.82, 2.24) is 15.0 Å². The predicted octanol–water partition coefficient (Wildman–Crippen LogP) is 1.13. The Kier molecular flexibility index (Phi) is 2.13. The highest BCUT2D eigenvalue weighted by molar-refractivity contribution is 7.10. The van der Waals surface area contributed by atoms with Gasteiger partial charge in [-0.1, -0.05) is 11.3 Å². The van der Waals surface area contributed by atoms with E-state index in [1.807, 2.05) is 17.5 Å². The van der Waals surface area contributed by atoms with Gasteiger partial charge in [0.05, 0.1) is 11.9 Å². The lowest BCUT2D eigenvalue weighted by Gasteiger charge is -2.20. The first-order valence-corrected chi connectivity index (χ1v) is 5.12. The fraction of sp³-hybridized carbons (Fsp3) is 0.333. The van der Waals surface area contributed by atoms with Crippen molar-refractivity contribution in [2.24, 2.45) is 7.05 Å². The third-order valence-electron chi connectivity index (χ3n) is 2.21. The Morgan fingerprint density at radius 2 is 2.36 bits per heavy atom. The van der Waals surface area contributed by atoms with E-state index in [9.17, 15) is 5.11 Å². The molecule has 14 heavy (non-hydrogen) atoms. The second-order valence-electron chi connectivity index (χ2n) is 3.29. The summed E-state index contributed by atoms with van der Waals surface area (Å²) in [4.78, 5) is 0.892. The largest absolute Gasteiger partial charge is 0.378 e. The number of rotatable bonds is 2. The number of hydrogen-bond donors (Lipinski definition) is 1. The summed E-state index contributed by atoms with van der Waals surface area (Å²) < 4.78 is 1.58. The zero-order chi connectivity index (χ0) is 10.2. The van der Waals surface area contributed by atoms with Gasteiger partial charge < -0.3 is 5.11 Å². The van der Waals surface area contributed by atoms with E-state index < -0.39 is 5.60 Å². The molecule has 0 aliphatic carbocycles. The summed E-state index contributed by atoms with van der Waals surface area (Å²) in [5.41, 5.74) is -0.313. The predicted molar refractivity (Wildman–Crippen MR) is 54.0 cm³/mol. The molecule has 0 fully saturated rings. The van der Waals surface area contributed by atoms with Crippen LogP contribution >= 0.6 is 11.3 Å². The number of hydrogen-bond acceptors (Lipinski definition) is 4. The highest BCUT2D eigenvalue weighted by Crippen LogP contribution is 2.30. The molecule has 74 valence electrons. The molecule has 0 radical (unpaired) electrons. The van der Waals surface area contributed by atoms with Crippen molar-refractivity contribution in [3.63, 3.8) is 0 Å². The Bertz CT molecular complexity index is 419. The van der Waals surface area contributed by atoms with Gasteiger partial charge in [0.15, 0.2) is 0 Å². The van der Waals surface area contributed by atoms with Gasteiger partial charge in [-0.3, -0.25) is 0 Å². The molecule has 1 unspecified atom stereocenters. The van der Waals surface area contributed by atoms with E-state index in [-0.39, 0.29) is 0 Å². The Labute approximate surface area is 85.8 Å². The third kappa shape index (κ3) is 1.34. The summed E-state index contributed by atoms with van der Waals surface area (Å²) >= 11 is 1.52. The van der Waals surface area contributed by atoms with Crippen molar-refractivity contribution in [3.8, 4) is 0 Å². The molecule has 0 amide bonds. The quantitative estimate of drug-likeness (QED) is 0.806. The molecule has 2 aromatic heterocycles. The fourth-order valence-corrected chi connectivity index (χ4v) is 2.21. The van der Waals surface area contributed by atoms with Crippen LogP contribution in [0.15, 0.2) is 23.7 Å². The van der Waals surface area contributed by atoms with E-state index in [2.05, 4.69) is 10.3 Å². The van der Waals surface area contributed by atoms with Gasteiger partial charge in [-0.05, 0) is 18.4 Å². The maximum atomic E-state index is 10.3. The van der Waals surface area contributed by atoms with Crippen molar-refractivity contribution in [2.45, 2.75) is 12.5 Å². The number of aromatic nitrogens is 3. The van der Waals surface area contributed by atoms with Crippen molar-refractivity contribution in [1.29, 1.82) is 0 Å². The maximum Gasteiger partial charge on any atom is 0.139 e. The van der Waals surface area contributed by atoms with Crippen LogP contribution in [0.5, 0.6) is 0 Å². The molecule has 5 heteroatoms. The average molecular weight is 209 g/mol. The van der Waals surface area contributed by atoms with Crippen molar-refractivity contribution < 1.29 is 5.11 Å². The zero-order valence-corrected chi connectivity index (χ0v) is 8.82. The van der Waals surface area contributed by atoms with Crippen LogP contribution in [0.4, 0.5) is 0 Å². The molecular formula is C9H11N3OS. The van der Waals surface area contributed by atoms with Crippen LogP contribution in [-0.2, 0) is 12.6 Å². The normalized spacial score (nSPS) is 15.4. The standard InChI is InChI=1S/C9H11N3OS/c1-9(13,8-4-3-5-14-8)7-6-10-11-12(7)2/h3-6,13H,1-2H3. The summed E-state index contributed by atoms with van der Waals surface area (Å²) in [5, 5.41) is 19.8. The summed E-state index contributed by atoms with van der Waals surface area (Å²) in [6, 6.07) is 3.82. The monoisotopic (exact) mass is 209 g/mol. The summed E-state index contributed by atoms with van der Waals surface area (Å²) in [7, 11) is 1.77. The minimum atomic E-state index is -1.01. The topological polar surface area (TPSA) is 50.9 Å². The molecule has 0 saturated carbocycles. The fourth-order valence-electron chi connectivity index (χ4n) is 1.41. The molecular weight excluding hydrogens is 198 g/mol. The Morgan fingerprint density at radius 1 is 1.57 bits per heavy atom. The number of thiophene rings is 1. The van der Waals surface area contributed by atoms with Gasteiger partial charge in [-0.15, -0.1) is 16.4 Å². The highest BCUT2D eigenvalue weighted by atomic mass is 32.1. The van der Waals surface area contributed by atoms with Crippen molar-refractivity contribution in [2.75, 3.05) is 0 Å². The molecule has 0 bridgehead atoms. The maximum absolute atomic E-state index is 10.3. The molecule has 0 aliphatic rings. The van der Waals surface area contributed by atoms with Crippen LogP contribution in [0.25, 0.3) is 0 Å². The minimum Gasteiger partial charge on any atom is -0.378 e. The van der Waals surface area contributed by atoms with E-state index in [1.165, 1.54) is 11.3 Å². The Balaban J connectivity index is 2.48. The van der Waals surface area contributed by atoms with E-state index in [0.717, 1.165) is 4.88 Å². The lowest BCUT2D eigenvalue weighted by Crippen LogP contribution is -2.24. The minimum absolute atomic E-state index is 0.694. The summed E-state index contributed by atoms with van der Waals surface area (Å²) in [5.74, 6) is 0. The van der Waals surface area contributed by atoms with E-state index in [4.69, 9.17) is 0 Å². The van der Waals surface area contributed by atoms with Crippen LogP contribution < -0.4 is 0 Å². The van der Waals surface area contributed by atoms with Crippen LogP contribution in [0.1, 0.15) is 17.5 Å². The van der Waals surface area contributed by atoms with Crippen molar-refractivity contribution in [3.05, 3.63) is 34.3 Å². The molecule has 1 atom stereocenters. The first-order chi connectivity index (χ1) is 6.62. The molecule has 0 saturated heterocycles. The molecule has 0 spiro atoms. The van der Waals surface area contributed by atoms with E-state index in [1.54, 1.807) is 24.9 Å². The van der Waals surface area contributed by atoms with E-state index >= 15 is 0 Å². The number of aryl methyl sites for hydroxylation is 1. The second-order valence-corrected chi connectivity index (χ2v) is 4.24. The van der Waals surface area contributed by atoms with Gasteiger partial charge in [0.2, 0.25) is 0 Å². The smallest absolute Gasteiger partial charge is 0.139 e. The Hall–Kier alpha value is -1.20. The van der Waals surface area contributed by atoms with Gasteiger partial charge in [-0.2, -0.15) is 0 Å². The molecule has 2 rings (SSSR count). The van der Waals surface area contributed by atoms with Crippen molar-refractivity contribution >= 4 is 11.3 Å². The highest BCUT2D eigenvalue weighted by Gasteiger charge is 2.30. The number of aliphatic hydroxyl groups is 1. The van der Waals surface area contributed by atoms with E-state index in [0.29, 0.717) is 5.69 Å². The van der Waals surface area contributed by atoms with Gasteiger partial charge in [0, 0.05) is 11.9 Å². The van der Waals surface area contributed by atoms with Crippen LogP contribution in [0, 0.1) is 0 Å². The molecule has 0 aliphatic heterocycles. The lowest BCUT2D eigenvalue weighted by atomic mass is 10.0.